The lowest BCUT2D eigenvalue weighted by atomic mass is 10.1. The Hall–Kier alpha value is -1.20. The molecular weight excluding hydrogens is 508 g/mol. The zero-order chi connectivity index (χ0) is 24.0. The summed E-state index contributed by atoms with van der Waals surface area (Å²) in [6.45, 7) is -1.45. The number of hydrogen-bond acceptors (Lipinski definition) is 11. The van der Waals surface area contributed by atoms with Crippen molar-refractivity contribution in [1.29, 1.82) is 0 Å². The average Bonchev–Trinajstić information content (AvgIpc) is 2.76. The van der Waals surface area contributed by atoms with Crippen LogP contribution in [0.25, 0.3) is 0 Å². The van der Waals surface area contributed by atoms with Gasteiger partial charge in [-0.3, -0.25) is 9.09 Å². The van der Waals surface area contributed by atoms with E-state index in [1.165, 1.54) is 0 Å². The molecule has 2 unspecified atom stereocenters. The van der Waals surface area contributed by atoms with Crippen LogP contribution in [0.5, 0.6) is 0 Å². The molecule has 0 spiro atoms. The topological polar surface area (TPSA) is 250 Å². The van der Waals surface area contributed by atoms with Gasteiger partial charge >= 0.3 is 35.1 Å². The van der Waals surface area contributed by atoms with Crippen LogP contribution in [0.2, 0.25) is 0 Å². The molecule has 1 aliphatic rings. The van der Waals surface area contributed by atoms with Crippen molar-refractivity contribution in [1.82, 2.24) is 9.55 Å². The van der Waals surface area contributed by atoms with Gasteiger partial charge in [-0.05, 0) is 0 Å². The summed E-state index contributed by atoms with van der Waals surface area (Å²) in [7, 11) is -17.2. The Labute approximate surface area is 168 Å². The van der Waals surface area contributed by atoms with Gasteiger partial charge in [0.25, 0.3) is 0 Å². The third kappa shape index (κ3) is 6.41. The smallest absolute Gasteiger partial charge is 0.384 e. The van der Waals surface area contributed by atoms with E-state index in [2.05, 4.69) is 22.9 Å². The van der Waals surface area contributed by atoms with Gasteiger partial charge in [0.15, 0.2) is 17.7 Å². The fourth-order valence-corrected chi connectivity index (χ4v) is 5.23. The van der Waals surface area contributed by atoms with Crippen molar-refractivity contribution < 1.29 is 69.4 Å². The Bertz CT molecular complexity index is 1050. The minimum absolute atomic E-state index is 0.0558. The number of aromatic nitrogens is 2. The zero-order valence-electron chi connectivity index (χ0n) is 14.5. The van der Waals surface area contributed by atoms with Crippen LogP contribution in [0, 0.1) is 5.82 Å². The predicted octanol–water partition coefficient (Wildman–Crippen LogP) is -0.798. The van der Waals surface area contributed by atoms with Crippen molar-refractivity contribution in [2.24, 2.45) is 0 Å². The molecule has 2 rings (SSSR count). The second-order valence-corrected chi connectivity index (χ2v) is 10.1. The number of nitrogens with two attached hydrogens (primary N) is 1. The number of aliphatic hydroxyl groups is 1. The molecule has 0 bridgehead atoms. The molecule has 1 aromatic heterocycles. The fraction of sp³-hybridized carbons (Fsp3) is 0.556. The number of ether oxygens (including phenoxy) is 1. The molecule has 0 aliphatic carbocycles. The molecule has 178 valence electrons. The third-order valence-electron chi connectivity index (χ3n) is 3.38. The number of aliphatic hydroxyl groups excluding tert-OH is 1. The molecule has 31 heavy (non-hydrogen) atoms. The summed E-state index contributed by atoms with van der Waals surface area (Å²) < 4.78 is 91.0. The number of anilines is 1. The van der Waals surface area contributed by atoms with Crippen molar-refractivity contribution in [3.05, 3.63) is 22.5 Å². The first-order valence-corrected chi connectivity index (χ1v) is 11.9. The summed E-state index contributed by atoms with van der Waals surface area (Å²) in [4.78, 5) is 49.7. The SMILES string of the molecule is Nc1nc(=O)n([C@@H]2O[C@H](COP(=O)(O)OP(=O)(O)OP(=O)(O)O)[C@@H](O)C2(F)F)cc1F. The quantitative estimate of drug-likeness (QED) is 0.229. The number of phosphoric ester groups is 1. The molecule has 0 saturated carbocycles. The Morgan fingerprint density at radius 3 is 2.32 bits per heavy atom. The lowest BCUT2D eigenvalue weighted by molar-refractivity contribution is -0.141. The van der Waals surface area contributed by atoms with Gasteiger partial charge in [0.1, 0.15) is 6.10 Å². The minimum atomic E-state index is -5.87. The van der Waals surface area contributed by atoms with Crippen LogP contribution in [0.3, 0.4) is 0 Å². The molecule has 1 saturated heterocycles. The standard InChI is InChI=1S/C9H13F3N3O13P3/c10-3-1-15(8(17)14-6(3)13)7-9(11,12)5(16)4(26-7)2-25-30(21,22)28-31(23,24)27-29(18,19)20/h1,4-5,7,16H,2H2,(H,21,22)(H,23,24)(H2,13,14,17)(H2,18,19,20)/t4-,5-,7-/m1/s1. The highest BCUT2D eigenvalue weighted by Gasteiger charge is 2.60. The summed E-state index contributed by atoms with van der Waals surface area (Å²) in [5.74, 6) is -6.60. The highest BCUT2D eigenvalue weighted by Crippen LogP contribution is 2.66. The molecule has 7 N–H and O–H groups in total. The fourth-order valence-electron chi connectivity index (χ4n) is 2.20. The number of rotatable bonds is 8. The first kappa shape index (κ1) is 26.1. The average molecular weight is 521 g/mol. The third-order valence-corrected chi connectivity index (χ3v) is 7.19. The molecule has 5 atom stereocenters. The van der Waals surface area contributed by atoms with Crippen LogP contribution < -0.4 is 11.4 Å². The lowest BCUT2D eigenvalue weighted by Gasteiger charge is -2.21. The van der Waals surface area contributed by atoms with E-state index in [4.69, 9.17) is 20.4 Å². The molecule has 22 heteroatoms. The van der Waals surface area contributed by atoms with Gasteiger partial charge in [-0.25, -0.2) is 22.9 Å². The van der Waals surface area contributed by atoms with Crippen LogP contribution >= 0.6 is 23.5 Å². The minimum Gasteiger partial charge on any atom is -0.384 e. The molecule has 1 aliphatic heterocycles. The Morgan fingerprint density at radius 1 is 1.19 bits per heavy atom. The Kier molecular flexibility index (Phi) is 7.25. The summed E-state index contributed by atoms with van der Waals surface area (Å²) >= 11 is 0. The van der Waals surface area contributed by atoms with Crippen molar-refractivity contribution in [3.63, 3.8) is 0 Å². The second kappa shape index (κ2) is 8.62. The summed E-state index contributed by atoms with van der Waals surface area (Å²) in [5, 5.41) is 9.69. The normalized spacial score (nSPS) is 27.5. The van der Waals surface area contributed by atoms with Crippen LogP contribution in [-0.2, 0) is 31.6 Å². The van der Waals surface area contributed by atoms with Gasteiger partial charge in [0.2, 0.25) is 6.23 Å². The van der Waals surface area contributed by atoms with E-state index in [0.717, 1.165) is 0 Å². The summed E-state index contributed by atoms with van der Waals surface area (Å²) in [6, 6.07) is 0. The maximum atomic E-state index is 14.3. The molecule has 1 fully saturated rings. The van der Waals surface area contributed by atoms with E-state index < -0.39 is 71.8 Å². The van der Waals surface area contributed by atoms with E-state index in [0.29, 0.717) is 0 Å². The van der Waals surface area contributed by atoms with E-state index in [1.54, 1.807) is 0 Å². The van der Waals surface area contributed by atoms with Crippen LogP contribution in [-0.4, -0.2) is 59.0 Å². The van der Waals surface area contributed by atoms with Crippen LogP contribution in [0.1, 0.15) is 6.23 Å². The van der Waals surface area contributed by atoms with Crippen molar-refractivity contribution >= 4 is 29.3 Å². The lowest BCUT2D eigenvalue weighted by Crippen LogP contribution is -2.42. The largest absolute Gasteiger partial charge is 0.490 e. The van der Waals surface area contributed by atoms with Crippen molar-refractivity contribution in [3.8, 4) is 0 Å². The monoisotopic (exact) mass is 521 g/mol. The molecule has 0 radical (unpaired) electrons. The van der Waals surface area contributed by atoms with Gasteiger partial charge < -0.3 is 35.2 Å². The number of phosphoric acid groups is 3. The number of hydrogen-bond donors (Lipinski definition) is 6. The molecule has 16 nitrogen and oxygen atoms in total. The summed E-state index contributed by atoms with van der Waals surface area (Å²) in [5.41, 5.74) is 3.53. The number of alkyl halides is 2. The molecule has 2 heterocycles. The highest BCUT2D eigenvalue weighted by atomic mass is 31.3. The van der Waals surface area contributed by atoms with Gasteiger partial charge in [-0.1, -0.05) is 0 Å². The first-order chi connectivity index (χ1) is 13.8. The Balaban J connectivity index is 2.16. The zero-order valence-corrected chi connectivity index (χ0v) is 17.1. The van der Waals surface area contributed by atoms with E-state index >= 15 is 0 Å². The van der Waals surface area contributed by atoms with E-state index in [1.807, 2.05) is 0 Å². The number of nitrogens with zero attached hydrogens (tertiary/aromatic N) is 2. The molecule has 0 amide bonds. The molecular formula is C9H13F3N3O13P3. The maximum absolute atomic E-state index is 14.3. The van der Waals surface area contributed by atoms with Crippen LogP contribution in [0.4, 0.5) is 19.0 Å². The molecule has 0 aromatic carbocycles. The maximum Gasteiger partial charge on any atom is 0.490 e. The van der Waals surface area contributed by atoms with Gasteiger partial charge in [-0.15, -0.1) is 0 Å². The second-order valence-electron chi connectivity index (χ2n) is 5.70. The van der Waals surface area contributed by atoms with Crippen molar-refractivity contribution in [2.45, 2.75) is 24.4 Å². The van der Waals surface area contributed by atoms with Gasteiger partial charge in [0.05, 0.1) is 12.8 Å². The Morgan fingerprint density at radius 2 is 1.77 bits per heavy atom. The van der Waals surface area contributed by atoms with E-state index in [9.17, 15) is 41.7 Å². The highest BCUT2D eigenvalue weighted by molar-refractivity contribution is 7.66. The van der Waals surface area contributed by atoms with Gasteiger partial charge in [-0.2, -0.15) is 22.4 Å². The van der Waals surface area contributed by atoms with Crippen LogP contribution in [0.15, 0.2) is 11.0 Å². The number of nitrogen functional groups attached to an aromatic ring is 1. The number of halogens is 3. The first-order valence-electron chi connectivity index (χ1n) is 7.38. The van der Waals surface area contributed by atoms with Crippen molar-refractivity contribution in [2.75, 3.05) is 12.3 Å². The predicted molar refractivity (Wildman–Crippen MR) is 87.5 cm³/mol. The van der Waals surface area contributed by atoms with Gasteiger partial charge in [0, 0.05) is 0 Å². The summed E-state index contributed by atoms with van der Waals surface area (Å²) in [6.07, 6.45) is -7.48. The molecule has 1 aromatic rings. The van der Waals surface area contributed by atoms with E-state index in [-0.39, 0.29) is 10.8 Å².